The Balaban J connectivity index is 1.81. The highest BCUT2D eigenvalue weighted by Crippen LogP contribution is 2.27. The van der Waals surface area contributed by atoms with Gasteiger partial charge in [-0.3, -0.25) is 0 Å². The zero-order chi connectivity index (χ0) is 19.8. The molecule has 0 saturated carbocycles. The lowest BCUT2D eigenvalue weighted by Gasteiger charge is -2.26. The molecular formula is C22H17ClFN2O2+. The summed E-state index contributed by atoms with van der Waals surface area (Å²) in [5.74, 6) is -1.31. The average Bonchev–Trinajstić information content (AvgIpc) is 2.68. The molecule has 0 fully saturated rings. The van der Waals surface area contributed by atoms with Crippen molar-refractivity contribution < 1.29 is 18.6 Å². The van der Waals surface area contributed by atoms with Gasteiger partial charge in [-0.2, -0.15) is 9.37 Å². The van der Waals surface area contributed by atoms with Crippen LogP contribution >= 0.6 is 11.6 Å². The summed E-state index contributed by atoms with van der Waals surface area (Å²) in [6.45, 7) is 2.07. The van der Waals surface area contributed by atoms with E-state index in [4.69, 9.17) is 11.6 Å². The Hall–Kier alpha value is -3.05. The van der Waals surface area contributed by atoms with Gasteiger partial charge in [0.2, 0.25) is 0 Å². The molecule has 1 atom stereocenters. The van der Waals surface area contributed by atoms with Gasteiger partial charge in [0.15, 0.2) is 0 Å². The molecule has 1 aliphatic carbocycles. The number of nitrogens with zero attached hydrogens (tertiary/aromatic N) is 2. The molecule has 1 unspecified atom stereocenters. The lowest BCUT2D eigenvalue weighted by atomic mass is 9.94. The van der Waals surface area contributed by atoms with E-state index in [2.05, 4.69) is 0 Å². The number of hydrogen-bond acceptors (Lipinski definition) is 2. The summed E-state index contributed by atoms with van der Waals surface area (Å²) in [6, 6.07) is 10.8. The molecule has 2 aromatic carbocycles. The first kappa shape index (κ1) is 18.3. The first-order valence-electron chi connectivity index (χ1n) is 8.83. The first-order chi connectivity index (χ1) is 13.5. The van der Waals surface area contributed by atoms with Crippen LogP contribution in [-0.4, -0.2) is 22.2 Å². The zero-order valence-electron chi connectivity index (χ0n) is 15.1. The van der Waals surface area contributed by atoms with Crippen molar-refractivity contribution in [2.24, 2.45) is 5.92 Å². The number of carbonyl (C=O) groups excluding carboxylic acids is 2. The minimum Gasteiger partial charge on any atom is -0.245 e. The van der Waals surface area contributed by atoms with E-state index >= 15 is 0 Å². The number of rotatable bonds is 3. The van der Waals surface area contributed by atoms with Crippen molar-refractivity contribution in [2.75, 3.05) is 4.90 Å². The van der Waals surface area contributed by atoms with Crippen LogP contribution in [0.3, 0.4) is 0 Å². The van der Waals surface area contributed by atoms with Crippen molar-refractivity contribution in [2.45, 2.75) is 13.5 Å². The van der Waals surface area contributed by atoms with E-state index in [1.54, 1.807) is 42.5 Å². The maximum Gasteiger partial charge on any atom is 0.506 e. The van der Waals surface area contributed by atoms with Gasteiger partial charge in [0.05, 0.1) is 5.02 Å². The van der Waals surface area contributed by atoms with Gasteiger partial charge in [-0.25, -0.2) is 9.18 Å². The number of allylic oxidation sites excluding steroid dienone is 3. The van der Waals surface area contributed by atoms with E-state index in [0.717, 1.165) is 5.56 Å². The van der Waals surface area contributed by atoms with Gasteiger partial charge < -0.3 is 0 Å². The Morgan fingerprint density at radius 3 is 2.57 bits per heavy atom. The summed E-state index contributed by atoms with van der Waals surface area (Å²) < 4.78 is 14.9. The normalized spacial score (nSPS) is 18.7. The summed E-state index contributed by atoms with van der Waals surface area (Å²) in [4.78, 5) is 27.5. The highest BCUT2D eigenvalue weighted by atomic mass is 35.5. The van der Waals surface area contributed by atoms with Crippen LogP contribution in [0.15, 0.2) is 66.8 Å². The summed E-state index contributed by atoms with van der Waals surface area (Å²) in [5.41, 5.74) is 2.73. The van der Waals surface area contributed by atoms with Crippen molar-refractivity contribution in [1.82, 2.24) is 0 Å². The van der Waals surface area contributed by atoms with Gasteiger partial charge in [-0.15, -0.1) is 4.90 Å². The molecule has 3 amide bonds. The number of halogens is 2. The first-order valence-corrected chi connectivity index (χ1v) is 9.21. The Labute approximate surface area is 166 Å². The molecule has 4 rings (SSSR count). The molecular weight excluding hydrogens is 379 g/mol. The van der Waals surface area contributed by atoms with Gasteiger partial charge in [0.1, 0.15) is 29.7 Å². The van der Waals surface area contributed by atoms with Crippen molar-refractivity contribution >= 4 is 34.9 Å². The number of fused-ring (bicyclic) bond motifs is 1. The van der Waals surface area contributed by atoms with Crippen molar-refractivity contribution in [1.29, 1.82) is 0 Å². The van der Waals surface area contributed by atoms with Gasteiger partial charge in [-0.05, 0) is 37.3 Å². The van der Waals surface area contributed by atoms with Crippen LogP contribution in [0, 0.1) is 18.7 Å². The molecule has 0 saturated heterocycles. The number of anilines is 1. The fourth-order valence-electron chi connectivity index (χ4n) is 3.37. The molecule has 0 spiro atoms. The maximum absolute atomic E-state index is 13.4. The van der Waals surface area contributed by atoms with Gasteiger partial charge >= 0.3 is 11.9 Å². The number of benzene rings is 2. The lowest BCUT2D eigenvalue weighted by molar-refractivity contribution is -0.445. The van der Waals surface area contributed by atoms with E-state index in [0.29, 0.717) is 17.0 Å². The van der Waals surface area contributed by atoms with Crippen LogP contribution in [0.5, 0.6) is 0 Å². The van der Waals surface area contributed by atoms with E-state index in [1.165, 1.54) is 21.6 Å². The molecule has 4 nitrogen and oxygen atoms in total. The minimum atomic E-state index is -0.566. The SMILES string of the molecule is Cc1ccc(N2C(=O)C3C=CC=CC3=[N+](Cc3ccc(F)cc3Cl)C2=O)cc1. The largest absolute Gasteiger partial charge is 0.506 e. The molecule has 1 heterocycles. The standard InChI is InChI=1S/C22H17ClFN2O2/c1-14-6-10-17(11-7-14)26-21(27)18-4-2-3-5-20(18)25(22(26)28)13-15-8-9-16(24)12-19(15)23/h2-12,18H,13H2,1H3/q+1. The summed E-state index contributed by atoms with van der Waals surface area (Å²) >= 11 is 6.17. The van der Waals surface area contributed by atoms with Crippen molar-refractivity contribution in [3.05, 3.63) is 88.7 Å². The Morgan fingerprint density at radius 1 is 1.11 bits per heavy atom. The van der Waals surface area contributed by atoms with E-state index < -0.39 is 17.8 Å². The molecule has 28 heavy (non-hydrogen) atoms. The lowest BCUT2D eigenvalue weighted by Crippen LogP contribution is -2.54. The number of amides is 3. The molecule has 6 heteroatoms. The quantitative estimate of drug-likeness (QED) is 0.710. The molecule has 140 valence electrons. The third kappa shape index (κ3) is 3.18. The summed E-state index contributed by atoms with van der Waals surface area (Å²) in [7, 11) is 0. The molecule has 2 aromatic rings. The second kappa shape index (κ2) is 7.17. The minimum absolute atomic E-state index is 0.137. The number of aryl methyl sites for hydroxylation is 1. The summed E-state index contributed by atoms with van der Waals surface area (Å²) in [6.07, 6.45) is 7.10. The Bertz CT molecular complexity index is 1070. The number of hydrogen-bond donors (Lipinski definition) is 0. The van der Waals surface area contributed by atoms with Crippen molar-refractivity contribution in [3.8, 4) is 0 Å². The van der Waals surface area contributed by atoms with E-state index in [1.807, 2.05) is 19.1 Å². The molecule has 0 radical (unpaired) electrons. The topological polar surface area (TPSA) is 40.4 Å². The molecule has 0 aromatic heterocycles. The van der Waals surface area contributed by atoms with E-state index in [-0.39, 0.29) is 17.5 Å². The second-order valence-corrected chi connectivity index (χ2v) is 7.17. The second-order valence-electron chi connectivity index (χ2n) is 6.76. The van der Waals surface area contributed by atoms with Crippen LogP contribution in [0.4, 0.5) is 14.9 Å². The predicted molar refractivity (Wildman–Crippen MR) is 106 cm³/mol. The van der Waals surface area contributed by atoms with Gasteiger partial charge in [-0.1, -0.05) is 53.6 Å². The molecule has 0 N–H and O–H groups in total. The fraction of sp³-hybridized carbons (Fsp3) is 0.136. The molecule has 2 aliphatic rings. The number of urea groups is 1. The molecule has 0 bridgehead atoms. The van der Waals surface area contributed by atoms with Crippen LogP contribution in [0.2, 0.25) is 5.02 Å². The highest BCUT2D eigenvalue weighted by Gasteiger charge is 2.47. The fourth-order valence-corrected chi connectivity index (χ4v) is 3.60. The zero-order valence-corrected chi connectivity index (χ0v) is 15.9. The van der Waals surface area contributed by atoms with Crippen molar-refractivity contribution in [3.63, 3.8) is 0 Å². The van der Waals surface area contributed by atoms with Crippen LogP contribution < -0.4 is 4.90 Å². The average molecular weight is 396 g/mol. The third-order valence-corrected chi connectivity index (χ3v) is 5.21. The number of carbonyl (C=O) groups is 2. The van der Waals surface area contributed by atoms with Gasteiger partial charge in [0.25, 0.3) is 0 Å². The smallest absolute Gasteiger partial charge is 0.245 e. The monoisotopic (exact) mass is 395 g/mol. The van der Waals surface area contributed by atoms with Crippen LogP contribution in [0.1, 0.15) is 11.1 Å². The van der Waals surface area contributed by atoms with E-state index in [9.17, 15) is 14.0 Å². The predicted octanol–water partition coefficient (Wildman–Crippen LogP) is 4.65. The van der Waals surface area contributed by atoms with Crippen LogP contribution in [0.25, 0.3) is 0 Å². The number of imide groups is 1. The van der Waals surface area contributed by atoms with Crippen LogP contribution in [-0.2, 0) is 11.3 Å². The Kier molecular flexibility index (Phi) is 4.69. The molecule has 1 aliphatic heterocycles. The van der Waals surface area contributed by atoms with Gasteiger partial charge in [0, 0.05) is 5.56 Å². The third-order valence-electron chi connectivity index (χ3n) is 4.86. The Morgan fingerprint density at radius 2 is 1.86 bits per heavy atom. The highest BCUT2D eigenvalue weighted by molar-refractivity contribution is 6.31. The summed E-state index contributed by atoms with van der Waals surface area (Å²) in [5, 5.41) is 0.235. The maximum atomic E-state index is 13.4.